The summed E-state index contributed by atoms with van der Waals surface area (Å²) in [5.74, 6) is -0.825. The van der Waals surface area contributed by atoms with Gasteiger partial charge in [0.1, 0.15) is 0 Å². The van der Waals surface area contributed by atoms with Gasteiger partial charge in [0.15, 0.2) is 0 Å². The third kappa shape index (κ3) is 6.93. The number of benzene rings is 1. The number of carbonyl (C=O) groups excluding carboxylic acids is 1. The van der Waals surface area contributed by atoms with Crippen molar-refractivity contribution >= 4 is 11.9 Å². The van der Waals surface area contributed by atoms with Crippen molar-refractivity contribution in [3.05, 3.63) is 35.4 Å². The number of hydrogen-bond acceptors (Lipinski definition) is 2. The lowest BCUT2D eigenvalue weighted by Crippen LogP contribution is -2.45. The molecular formula is C17H25NO3. The molecule has 1 amide bonds. The molecule has 0 aliphatic heterocycles. The molecule has 0 aromatic heterocycles. The fourth-order valence-corrected chi connectivity index (χ4v) is 2.33. The van der Waals surface area contributed by atoms with Crippen LogP contribution >= 0.6 is 0 Å². The average Bonchev–Trinajstić information content (AvgIpc) is 2.36. The number of carboxylic acids is 1. The Bertz CT molecular complexity index is 495. The van der Waals surface area contributed by atoms with E-state index in [1.165, 1.54) is 11.1 Å². The van der Waals surface area contributed by atoms with Gasteiger partial charge in [-0.2, -0.15) is 0 Å². The molecule has 0 spiro atoms. The first-order chi connectivity index (χ1) is 9.80. The van der Waals surface area contributed by atoms with Crippen LogP contribution in [0.1, 0.15) is 50.7 Å². The van der Waals surface area contributed by atoms with E-state index in [4.69, 9.17) is 5.11 Å². The van der Waals surface area contributed by atoms with E-state index in [-0.39, 0.29) is 17.9 Å². The molecule has 4 heteroatoms. The topological polar surface area (TPSA) is 66.4 Å². The van der Waals surface area contributed by atoms with Crippen LogP contribution in [0, 0.1) is 6.92 Å². The molecule has 0 unspecified atom stereocenters. The highest BCUT2D eigenvalue weighted by molar-refractivity contribution is 5.76. The van der Waals surface area contributed by atoms with Crippen LogP contribution in [0.4, 0.5) is 0 Å². The highest BCUT2D eigenvalue weighted by atomic mass is 16.4. The van der Waals surface area contributed by atoms with E-state index < -0.39 is 5.97 Å². The van der Waals surface area contributed by atoms with E-state index in [1.807, 2.05) is 26.0 Å². The Morgan fingerprint density at radius 1 is 1.14 bits per heavy atom. The Morgan fingerprint density at radius 3 is 2.38 bits per heavy atom. The van der Waals surface area contributed by atoms with Crippen molar-refractivity contribution in [1.82, 2.24) is 5.32 Å². The van der Waals surface area contributed by atoms with Gasteiger partial charge in [-0.1, -0.05) is 24.3 Å². The Hall–Kier alpha value is -1.84. The summed E-state index contributed by atoms with van der Waals surface area (Å²) in [6, 6.07) is 8.16. The molecular weight excluding hydrogens is 266 g/mol. The lowest BCUT2D eigenvalue weighted by atomic mass is 9.92. The molecule has 0 saturated heterocycles. The Kier molecular flexibility index (Phi) is 6.40. The van der Waals surface area contributed by atoms with Crippen LogP contribution < -0.4 is 5.32 Å². The zero-order valence-electron chi connectivity index (χ0n) is 13.1. The molecule has 0 atom stereocenters. The number of rotatable bonds is 8. The largest absolute Gasteiger partial charge is 0.481 e. The first kappa shape index (κ1) is 17.2. The molecule has 1 rings (SSSR count). The van der Waals surface area contributed by atoms with Gasteiger partial charge in [-0.05, 0) is 51.2 Å². The van der Waals surface area contributed by atoms with Crippen molar-refractivity contribution < 1.29 is 14.7 Å². The Morgan fingerprint density at radius 2 is 1.76 bits per heavy atom. The van der Waals surface area contributed by atoms with Crippen molar-refractivity contribution in [3.8, 4) is 0 Å². The second kappa shape index (κ2) is 7.81. The van der Waals surface area contributed by atoms with Gasteiger partial charge in [-0.15, -0.1) is 0 Å². The van der Waals surface area contributed by atoms with Crippen LogP contribution in [0.15, 0.2) is 24.3 Å². The number of nitrogens with one attached hydrogen (secondary N) is 1. The summed E-state index contributed by atoms with van der Waals surface area (Å²) >= 11 is 0. The number of amides is 1. The maximum absolute atomic E-state index is 11.9. The maximum atomic E-state index is 11.9. The molecule has 0 bridgehead atoms. The van der Waals surface area contributed by atoms with Gasteiger partial charge >= 0.3 is 5.97 Å². The highest BCUT2D eigenvalue weighted by Crippen LogP contribution is 2.16. The van der Waals surface area contributed by atoms with Crippen LogP contribution in [0.25, 0.3) is 0 Å². The minimum Gasteiger partial charge on any atom is -0.481 e. The molecule has 4 nitrogen and oxygen atoms in total. The van der Waals surface area contributed by atoms with Crippen LogP contribution in [0.2, 0.25) is 0 Å². The summed E-state index contributed by atoms with van der Waals surface area (Å²) in [4.78, 5) is 22.3. The smallest absolute Gasteiger partial charge is 0.303 e. The Labute approximate surface area is 126 Å². The summed E-state index contributed by atoms with van der Waals surface area (Å²) in [6.45, 7) is 6.09. The monoisotopic (exact) mass is 291 g/mol. The molecule has 0 heterocycles. The molecule has 116 valence electrons. The number of aliphatic carboxylic acids is 1. The SMILES string of the molecule is Cc1ccccc1CC(C)(C)NC(=O)CCCCC(=O)O. The zero-order valence-corrected chi connectivity index (χ0v) is 13.1. The summed E-state index contributed by atoms with van der Waals surface area (Å²) < 4.78 is 0. The summed E-state index contributed by atoms with van der Waals surface area (Å²) in [5.41, 5.74) is 2.14. The van der Waals surface area contributed by atoms with Crippen LogP contribution in [0.3, 0.4) is 0 Å². The third-order valence-electron chi connectivity index (χ3n) is 3.42. The second-order valence-corrected chi connectivity index (χ2v) is 6.14. The lowest BCUT2D eigenvalue weighted by Gasteiger charge is -2.27. The van der Waals surface area contributed by atoms with Crippen LogP contribution in [-0.2, 0) is 16.0 Å². The minimum atomic E-state index is -0.810. The van der Waals surface area contributed by atoms with Gasteiger partial charge in [0.05, 0.1) is 0 Å². The van der Waals surface area contributed by atoms with Crippen molar-refractivity contribution in [1.29, 1.82) is 0 Å². The van der Waals surface area contributed by atoms with E-state index in [0.29, 0.717) is 19.3 Å². The van der Waals surface area contributed by atoms with Crippen molar-refractivity contribution in [2.75, 3.05) is 0 Å². The summed E-state index contributed by atoms with van der Waals surface area (Å²) in [7, 11) is 0. The van der Waals surface area contributed by atoms with Gasteiger partial charge < -0.3 is 10.4 Å². The van der Waals surface area contributed by atoms with Gasteiger partial charge in [0.25, 0.3) is 0 Å². The molecule has 0 saturated carbocycles. The maximum Gasteiger partial charge on any atom is 0.303 e. The third-order valence-corrected chi connectivity index (χ3v) is 3.42. The van der Waals surface area contributed by atoms with Crippen LogP contribution in [-0.4, -0.2) is 22.5 Å². The minimum absolute atomic E-state index is 0.0148. The van der Waals surface area contributed by atoms with Crippen molar-refractivity contribution in [2.45, 2.75) is 58.4 Å². The van der Waals surface area contributed by atoms with Gasteiger partial charge in [0, 0.05) is 18.4 Å². The van der Waals surface area contributed by atoms with E-state index in [9.17, 15) is 9.59 Å². The highest BCUT2D eigenvalue weighted by Gasteiger charge is 2.21. The quantitative estimate of drug-likeness (QED) is 0.723. The average molecular weight is 291 g/mol. The standard InChI is InChI=1S/C17H25NO3/c1-13-8-4-5-9-14(13)12-17(2,3)18-15(19)10-6-7-11-16(20)21/h4-5,8-9H,6-7,10-12H2,1-3H3,(H,18,19)(H,20,21). The first-order valence-electron chi connectivity index (χ1n) is 7.37. The molecule has 0 aliphatic carbocycles. The number of hydrogen-bond donors (Lipinski definition) is 2. The molecule has 1 aromatic carbocycles. The van der Waals surface area contributed by atoms with E-state index in [0.717, 1.165) is 6.42 Å². The molecule has 2 N–H and O–H groups in total. The molecule has 21 heavy (non-hydrogen) atoms. The number of unbranched alkanes of at least 4 members (excludes halogenated alkanes) is 1. The van der Waals surface area contributed by atoms with Gasteiger partial charge in [-0.3, -0.25) is 9.59 Å². The van der Waals surface area contributed by atoms with Crippen molar-refractivity contribution in [3.63, 3.8) is 0 Å². The predicted molar refractivity (Wildman–Crippen MR) is 83.2 cm³/mol. The molecule has 1 aromatic rings. The van der Waals surface area contributed by atoms with E-state index in [2.05, 4.69) is 24.4 Å². The number of carbonyl (C=O) groups is 2. The summed E-state index contributed by atoms with van der Waals surface area (Å²) in [6.07, 6.45) is 2.43. The fraction of sp³-hybridized carbons (Fsp3) is 0.529. The zero-order chi connectivity index (χ0) is 15.9. The second-order valence-electron chi connectivity index (χ2n) is 6.14. The molecule has 0 aliphatic rings. The van der Waals surface area contributed by atoms with Crippen LogP contribution in [0.5, 0.6) is 0 Å². The number of aryl methyl sites for hydroxylation is 1. The normalized spacial score (nSPS) is 11.2. The lowest BCUT2D eigenvalue weighted by molar-refractivity contribution is -0.137. The van der Waals surface area contributed by atoms with Gasteiger partial charge in [-0.25, -0.2) is 0 Å². The number of carboxylic acid groups (broad SMARTS) is 1. The molecule has 0 radical (unpaired) electrons. The Balaban J connectivity index is 2.43. The van der Waals surface area contributed by atoms with E-state index >= 15 is 0 Å². The first-order valence-corrected chi connectivity index (χ1v) is 7.37. The fourth-order valence-electron chi connectivity index (χ4n) is 2.33. The van der Waals surface area contributed by atoms with Crippen molar-refractivity contribution in [2.24, 2.45) is 0 Å². The molecule has 0 fully saturated rings. The predicted octanol–water partition coefficient (Wildman–Crippen LogP) is 3.08. The summed E-state index contributed by atoms with van der Waals surface area (Å²) in [5, 5.41) is 11.6. The van der Waals surface area contributed by atoms with Gasteiger partial charge in [0.2, 0.25) is 5.91 Å². The van der Waals surface area contributed by atoms with E-state index in [1.54, 1.807) is 0 Å².